The van der Waals surface area contributed by atoms with Crippen LogP contribution < -0.4 is 0 Å². The van der Waals surface area contributed by atoms with Crippen LogP contribution >= 0.6 is 0 Å². The molecule has 3 atom stereocenters. The summed E-state index contributed by atoms with van der Waals surface area (Å²) in [7, 11) is 0. The van der Waals surface area contributed by atoms with E-state index >= 15 is 0 Å². The fourth-order valence-electron chi connectivity index (χ4n) is 4.05. The topological polar surface area (TPSA) is 3.24 Å². The molecule has 1 nitrogen and oxygen atoms in total. The van der Waals surface area contributed by atoms with Gasteiger partial charge in [0, 0.05) is 19.6 Å². The Kier molecular flexibility index (Phi) is 17.3. The summed E-state index contributed by atoms with van der Waals surface area (Å²) in [5, 5.41) is 0. The zero-order chi connectivity index (χ0) is 18.9. The quantitative estimate of drug-likeness (QED) is 0.226. The summed E-state index contributed by atoms with van der Waals surface area (Å²) in [4.78, 5) is 2.82. The van der Waals surface area contributed by atoms with Gasteiger partial charge in [-0.25, -0.2) is 0 Å². The van der Waals surface area contributed by atoms with Crippen molar-refractivity contribution in [3.8, 4) is 0 Å². The third-order valence-corrected chi connectivity index (χ3v) is 5.61. The standard InChI is InChI=1S/C24H51N/c1-7-10-13-16-22(4)19-25(20-23(5)17-14-11-8-2)21-24(6)18-15-12-9-3/h22-24H,7-21H2,1-6H3. The number of nitrogens with zero attached hydrogens (tertiary/aromatic N) is 1. The van der Waals surface area contributed by atoms with Crippen LogP contribution in [0.5, 0.6) is 0 Å². The molecule has 0 radical (unpaired) electrons. The number of unbranched alkanes of at least 4 members (excludes halogenated alkanes) is 6. The Labute approximate surface area is 161 Å². The summed E-state index contributed by atoms with van der Waals surface area (Å²) in [5.74, 6) is 2.58. The van der Waals surface area contributed by atoms with Crippen LogP contribution in [0.2, 0.25) is 0 Å². The van der Waals surface area contributed by atoms with Gasteiger partial charge < -0.3 is 4.90 Å². The Morgan fingerprint density at radius 3 is 1.00 bits per heavy atom. The molecule has 0 aromatic rings. The Morgan fingerprint density at radius 2 is 0.760 bits per heavy atom. The monoisotopic (exact) mass is 353 g/mol. The fraction of sp³-hybridized carbons (Fsp3) is 1.00. The maximum Gasteiger partial charge on any atom is 0.000725 e. The minimum atomic E-state index is 0.859. The third kappa shape index (κ3) is 15.9. The normalized spacial score (nSPS) is 15.5. The van der Waals surface area contributed by atoms with Gasteiger partial charge in [0.15, 0.2) is 0 Å². The molecule has 3 unspecified atom stereocenters. The molecule has 0 rings (SSSR count). The summed E-state index contributed by atoms with van der Waals surface area (Å²) >= 11 is 0. The van der Waals surface area contributed by atoms with Crippen molar-refractivity contribution in [3.05, 3.63) is 0 Å². The zero-order valence-corrected chi connectivity index (χ0v) is 18.8. The molecule has 0 aromatic heterocycles. The van der Waals surface area contributed by atoms with Crippen LogP contribution in [0, 0.1) is 17.8 Å². The van der Waals surface area contributed by atoms with E-state index in [1.54, 1.807) is 0 Å². The van der Waals surface area contributed by atoms with Crippen LogP contribution in [0.4, 0.5) is 0 Å². The largest absolute Gasteiger partial charge is 0.303 e. The lowest BCUT2D eigenvalue weighted by Gasteiger charge is -2.31. The highest BCUT2D eigenvalue weighted by atomic mass is 15.1. The first kappa shape index (κ1) is 25.0. The van der Waals surface area contributed by atoms with Gasteiger partial charge in [0.1, 0.15) is 0 Å². The van der Waals surface area contributed by atoms with Gasteiger partial charge in [-0.1, -0.05) is 99.3 Å². The lowest BCUT2D eigenvalue weighted by molar-refractivity contribution is 0.171. The van der Waals surface area contributed by atoms with Gasteiger partial charge in [0.2, 0.25) is 0 Å². The predicted octanol–water partition coefficient (Wildman–Crippen LogP) is 7.94. The molecular formula is C24H51N. The van der Waals surface area contributed by atoms with Crippen LogP contribution in [0.1, 0.15) is 119 Å². The van der Waals surface area contributed by atoms with Gasteiger partial charge in [-0.3, -0.25) is 0 Å². The molecule has 0 saturated carbocycles. The van der Waals surface area contributed by atoms with Gasteiger partial charge in [0.05, 0.1) is 0 Å². The van der Waals surface area contributed by atoms with Crippen LogP contribution in [-0.2, 0) is 0 Å². The Morgan fingerprint density at radius 1 is 0.480 bits per heavy atom. The first-order valence-electron chi connectivity index (χ1n) is 11.8. The minimum absolute atomic E-state index is 0.859. The van der Waals surface area contributed by atoms with Crippen LogP contribution in [0.3, 0.4) is 0 Å². The van der Waals surface area contributed by atoms with E-state index in [0.29, 0.717) is 0 Å². The summed E-state index contributed by atoms with van der Waals surface area (Å²) in [6.45, 7) is 18.3. The molecule has 0 aromatic carbocycles. The highest BCUT2D eigenvalue weighted by Gasteiger charge is 2.16. The first-order valence-corrected chi connectivity index (χ1v) is 11.8. The molecule has 0 bridgehead atoms. The lowest BCUT2D eigenvalue weighted by Crippen LogP contribution is -2.36. The minimum Gasteiger partial charge on any atom is -0.303 e. The van der Waals surface area contributed by atoms with Crippen LogP contribution in [-0.4, -0.2) is 24.5 Å². The highest BCUT2D eigenvalue weighted by Crippen LogP contribution is 2.18. The average Bonchev–Trinajstić information content (AvgIpc) is 2.55. The summed E-state index contributed by atoms with van der Waals surface area (Å²) < 4.78 is 0. The van der Waals surface area contributed by atoms with Crippen molar-refractivity contribution in [2.75, 3.05) is 19.6 Å². The molecule has 0 saturated heterocycles. The van der Waals surface area contributed by atoms with E-state index in [0.717, 1.165) is 17.8 Å². The van der Waals surface area contributed by atoms with Crippen molar-refractivity contribution in [1.29, 1.82) is 0 Å². The van der Waals surface area contributed by atoms with E-state index < -0.39 is 0 Å². The van der Waals surface area contributed by atoms with E-state index in [4.69, 9.17) is 0 Å². The predicted molar refractivity (Wildman–Crippen MR) is 116 cm³/mol. The highest BCUT2D eigenvalue weighted by molar-refractivity contribution is 4.70. The molecule has 0 N–H and O–H groups in total. The second-order valence-electron chi connectivity index (χ2n) is 9.02. The number of hydrogen-bond donors (Lipinski definition) is 0. The second kappa shape index (κ2) is 17.4. The second-order valence-corrected chi connectivity index (χ2v) is 9.02. The van der Waals surface area contributed by atoms with E-state index in [-0.39, 0.29) is 0 Å². The Balaban J connectivity index is 4.37. The Bertz CT molecular complexity index is 220. The molecule has 0 amide bonds. The molecule has 1 heteroatoms. The maximum atomic E-state index is 2.82. The maximum absolute atomic E-state index is 2.82. The molecule has 152 valence electrons. The van der Waals surface area contributed by atoms with E-state index in [1.807, 2.05) is 0 Å². The summed E-state index contributed by atoms with van der Waals surface area (Å²) in [5.41, 5.74) is 0. The van der Waals surface area contributed by atoms with Gasteiger partial charge in [-0.15, -0.1) is 0 Å². The SMILES string of the molecule is CCCCCC(C)CN(CC(C)CCCCC)CC(C)CCCCC. The molecule has 0 aliphatic heterocycles. The lowest BCUT2D eigenvalue weighted by atomic mass is 9.97. The van der Waals surface area contributed by atoms with E-state index in [1.165, 1.54) is 96.7 Å². The van der Waals surface area contributed by atoms with Crippen molar-refractivity contribution in [2.45, 2.75) is 119 Å². The average molecular weight is 354 g/mol. The van der Waals surface area contributed by atoms with Crippen molar-refractivity contribution in [2.24, 2.45) is 17.8 Å². The van der Waals surface area contributed by atoms with Crippen LogP contribution in [0.15, 0.2) is 0 Å². The van der Waals surface area contributed by atoms with Crippen molar-refractivity contribution in [1.82, 2.24) is 4.90 Å². The summed E-state index contributed by atoms with van der Waals surface area (Å²) in [6, 6.07) is 0. The number of rotatable bonds is 18. The van der Waals surface area contributed by atoms with Gasteiger partial charge in [-0.05, 0) is 37.0 Å². The molecule has 0 aliphatic rings. The molecule has 0 fully saturated rings. The smallest absolute Gasteiger partial charge is 0.000725 e. The molecule has 0 aliphatic carbocycles. The first-order chi connectivity index (χ1) is 12.0. The van der Waals surface area contributed by atoms with E-state index in [9.17, 15) is 0 Å². The third-order valence-electron chi connectivity index (χ3n) is 5.61. The van der Waals surface area contributed by atoms with Crippen molar-refractivity contribution < 1.29 is 0 Å². The number of hydrogen-bond acceptors (Lipinski definition) is 1. The van der Waals surface area contributed by atoms with Gasteiger partial charge in [-0.2, -0.15) is 0 Å². The van der Waals surface area contributed by atoms with Gasteiger partial charge >= 0.3 is 0 Å². The summed E-state index contributed by atoms with van der Waals surface area (Å²) in [6.07, 6.45) is 16.8. The molecule has 0 spiro atoms. The van der Waals surface area contributed by atoms with E-state index in [2.05, 4.69) is 46.4 Å². The van der Waals surface area contributed by atoms with Crippen molar-refractivity contribution in [3.63, 3.8) is 0 Å². The molecule has 25 heavy (non-hydrogen) atoms. The van der Waals surface area contributed by atoms with Gasteiger partial charge in [0.25, 0.3) is 0 Å². The Hall–Kier alpha value is -0.0400. The van der Waals surface area contributed by atoms with Crippen LogP contribution in [0.25, 0.3) is 0 Å². The van der Waals surface area contributed by atoms with Crippen molar-refractivity contribution >= 4 is 0 Å². The fourth-order valence-corrected chi connectivity index (χ4v) is 4.05. The molecular weight excluding hydrogens is 302 g/mol. The zero-order valence-electron chi connectivity index (χ0n) is 18.8. The molecule has 0 heterocycles.